The number of urea groups is 1. The summed E-state index contributed by atoms with van der Waals surface area (Å²) in [5.74, 6) is -0.295. The number of hydrogen-bond donors (Lipinski definition) is 2. The van der Waals surface area contributed by atoms with Gasteiger partial charge in [0, 0.05) is 20.1 Å². The molecule has 2 heterocycles. The molecule has 1 saturated heterocycles. The van der Waals surface area contributed by atoms with Gasteiger partial charge in [0.1, 0.15) is 6.33 Å². The van der Waals surface area contributed by atoms with Gasteiger partial charge in [-0.1, -0.05) is 6.92 Å². The van der Waals surface area contributed by atoms with Crippen molar-refractivity contribution in [3.05, 3.63) is 12.2 Å². The number of aryl methyl sites for hydroxylation is 1. The molecule has 1 unspecified atom stereocenters. The van der Waals surface area contributed by atoms with Crippen molar-refractivity contribution < 1.29 is 14.7 Å². The average molecular weight is 295 g/mol. The molecule has 1 fully saturated rings. The van der Waals surface area contributed by atoms with E-state index in [2.05, 4.69) is 15.4 Å². The van der Waals surface area contributed by atoms with Crippen molar-refractivity contribution >= 4 is 12.0 Å². The molecular formula is C13H21N5O3. The normalized spacial score (nSPS) is 22.1. The van der Waals surface area contributed by atoms with E-state index in [1.807, 2.05) is 6.92 Å². The summed E-state index contributed by atoms with van der Waals surface area (Å²) in [6.45, 7) is 2.92. The van der Waals surface area contributed by atoms with E-state index in [1.54, 1.807) is 23.0 Å². The molecule has 0 spiro atoms. The third-order valence-corrected chi connectivity index (χ3v) is 4.04. The largest absolute Gasteiger partial charge is 0.481 e. The summed E-state index contributed by atoms with van der Waals surface area (Å²) in [5.41, 5.74) is -0.821. The monoisotopic (exact) mass is 295 g/mol. The quantitative estimate of drug-likeness (QED) is 0.847. The number of nitrogens with one attached hydrogen (secondary N) is 1. The molecular weight excluding hydrogens is 274 g/mol. The summed E-state index contributed by atoms with van der Waals surface area (Å²) < 4.78 is 1.56. The summed E-state index contributed by atoms with van der Waals surface area (Å²) in [6.07, 6.45) is 3.41. The lowest BCUT2D eigenvalue weighted by Gasteiger charge is -2.39. The van der Waals surface area contributed by atoms with Gasteiger partial charge in [-0.25, -0.2) is 9.78 Å². The minimum Gasteiger partial charge on any atom is -0.481 e. The van der Waals surface area contributed by atoms with Gasteiger partial charge in [-0.2, -0.15) is 5.10 Å². The van der Waals surface area contributed by atoms with Gasteiger partial charge in [-0.15, -0.1) is 0 Å². The highest BCUT2D eigenvalue weighted by molar-refractivity contribution is 5.78. The second-order valence-corrected chi connectivity index (χ2v) is 5.46. The number of carbonyl (C=O) groups excluding carboxylic acids is 1. The highest BCUT2D eigenvalue weighted by Crippen LogP contribution is 2.33. The number of hydrogen-bond acceptors (Lipinski definition) is 4. The van der Waals surface area contributed by atoms with E-state index in [-0.39, 0.29) is 19.1 Å². The zero-order chi connectivity index (χ0) is 15.5. The highest BCUT2D eigenvalue weighted by atomic mass is 16.4. The number of aliphatic carboxylic acids is 1. The third-order valence-electron chi connectivity index (χ3n) is 4.04. The van der Waals surface area contributed by atoms with Crippen LogP contribution in [0.3, 0.4) is 0 Å². The van der Waals surface area contributed by atoms with E-state index in [9.17, 15) is 14.7 Å². The maximum Gasteiger partial charge on any atom is 0.317 e. The van der Waals surface area contributed by atoms with E-state index in [0.717, 1.165) is 0 Å². The molecule has 116 valence electrons. The van der Waals surface area contributed by atoms with E-state index in [1.165, 1.54) is 0 Å². The van der Waals surface area contributed by atoms with Gasteiger partial charge in [-0.3, -0.25) is 9.48 Å². The van der Waals surface area contributed by atoms with Crippen LogP contribution in [0.25, 0.3) is 0 Å². The number of aromatic nitrogens is 3. The number of carboxylic acids is 1. The number of likely N-dealkylation sites (tertiary alicyclic amines) is 1. The van der Waals surface area contributed by atoms with Crippen molar-refractivity contribution in [1.29, 1.82) is 0 Å². The van der Waals surface area contributed by atoms with Crippen LogP contribution in [0, 0.1) is 5.41 Å². The highest BCUT2D eigenvalue weighted by Gasteiger charge is 2.42. The maximum atomic E-state index is 12.2. The first kappa shape index (κ1) is 15.3. The van der Waals surface area contributed by atoms with Crippen LogP contribution in [0.15, 0.2) is 6.33 Å². The molecule has 2 amide bonds. The molecule has 8 heteroatoms. The van der Waals surface area contributed by atoms with Crippen LogP contribution < -0.4 is 5.32 Å². The Bertz CT molecular complexity index is 530. The molecule has 0 radical (unpaired) electrons. The molecule has 1 aliphatic rings. The van der Waals surface area contributed by atoms with Gasteiger partial charge in [0.25, 0.3) is 0 Å². The molecule has 1 aliphatic heterocycles. The number of carboxylic acid groups (broad SMARTS) is 1. The number of nitrogens with zero attached hydrogens (tertiary/aromatic N) is 4. The standard InChI is InChI=1S/C13H21N5O3/c1-3-13(11(19)20)5-4-6-18(8-13)12(21)14-7-10-15-9-17(2)16-10/h9H,3-8H2,1-2H3,(H,14,21)(H,19,20). The topological polar surface area (TPSA) is 100 Å². The van der Waals surface area contributed by atoms with Crippen LogP contribution in [-0.2, 0) is 18.4 Å². The molecule has 2 N–H and O–H groups in total. The van der Waals surface area contributed by atoms with Crippen molar-refractivity contribution in [3.8, 4) is 0 Å². The zero-order valence-corrected chi connectivity index (χ0v) is 12.4. The van der Waals surface area contributed by atoms with Crippen molar-refractivity contribution in [2.24, 2.45) is 12.5 Å². The Kier molecular flexibility index (Phi) is 4.44. The predicted molar refractivity (Wildman–Crippen MR) is 74.4 cm³/mol. The molecule has 1 aromatic heterocycles. The van der Waals surface area contributed by atoms with E-state index < -0.39 is 11.4 Å². The maximum absolute atomic E-state index is 12.2. The Morgan fingerprint density at radius 3 is 2.86 bits per heavy atom. The predicted octanol–water partition coefficient (Wildman–Crippen LogP) is 0.602. The van der Waals surface area contributed by atoms with Crippen LogP contribution in [0.5, 0.6) is 0 Å². The fourth-order valence-electron chi connectivity index (χ4n) is 2.65. The Labute approximate surface area is 123 Å². The second kappa shape index (κ2) is 6.11. The van der Waals surface area contributed by atoms with Crippen LogP contribution in [0.1, 0.15) is 32.0 Å². The molecule has 0 bridgehead atoms. The van der Waals surface area contributed by atoms with Crippen molar-refractivity contribution in [2.45, 2.75) is 32.7 Å². The fourth-order valence-corrected chi connectivity index (χ4v) is 2.65. The molecule has 1 aromatic rings. The van der Waals surface area contributed by atoms with Crippen LogP contribution in [0.2, 0.25) is 0 Å². The molecule has 21 heavy (non-hydrogen) atoms. The number of piperidine rings is 1. The Morgan fingerprint density at radius 2 is 2.29 bits per heavy atom. The lowest BCUT2D eigenvalue weighted by atomic mass is 9.78. The Morgan fingerprint density at radius 1 is 1.52 bits per heavy atom. The molecule has 2 rings (SSSR count). The van der Waals surface area contributed by atoms with Crippen molar-refractivity contribution in [2.75, 3.05) is 13.1 Å². The van der Waals surface area contributed by atoms with Gasteiger partial charge in [-0.05, 0) is 19.3 Å². The smallest absolute Gasteiger partial charge is 0.317 e. The van der Waals surface area contributed by atoms with E-state index in [4.69, 9.17) is 0 Å². The average Bonchev–Trinajstić information content (AvgIpc) is 2.90. The Hall–Kier alpha value is -2.12. The molecule has 0 aliphatic carbocycles. The first-order chi connectivity index (χ1) is 9.97. The lowest BCUT2D eigenvalue weighted by molar-refractivity contribution is -0.152. The SMILES string of the molecule is CCC1(C(=O)O)CCCN(C(=O)NCc2ncn(C)n2)C1. The number of amides is 2. The van der Waals surface area contributed by atoms with Gasteiger partial charge in [0.15, 0.2) is 5.82 Å². The Balaban J connectivity index is 1.94. The fraction of sp³-hybridized carbons (Fsp3) is 0.692. The van der Waals surface area contributed by atoms with Gasteiger partial charge in [0.2, 0.25) is 0 Å². The zero-order valence-electron chi connectivity index (χ0n) is 12.4. The second-order valence-electron chi connectivity index (χ2n) is 5.46. The molecule has 0 saturated carbocycles. The van der Waals surface area contributed by atoms with Crippen molar-refractivity contribution in [3.63, 3.8) is 0 Å². The van der Waals surface area contributed by atoms with Gasteiger partial charge >= 0.3 is 12.0 Å². The minimum absolute atomic E-state index is 0.238. The van der Waals surface area contributed by atoms with Crippen LogP contribution >= 0.6 is 0 Å². The molecule has 8 nitrogen and oxygen atoms in total. The number of rotatable bonds is 4. The lowest BCUT2D eigenvalue weighted by Crippen LogP contribution is -2.52. The molecule has 0 aromatic carbocycles. The molecule has 1 atom stereocenters. The van der Waals surface area contributed by atoms with Crippen molar-refractivity contribution in [1.82, 2.24) is 25.0 Å². The van der Waals surface area contributed by atoms with E-state index in [0.29, 0.717) is 31.6 Å². The summed E-state index contributed by atoms with van der Waals surface area (Å²) in [6, 6.07) is -0.263. The van der Waals surface area contributed by atoms with Gasteiger partial charge in [0.05, 0.1) is 12.0 Å². The summed E-state index contributed by atoms with van der Waals surface area (Å²) in [4.78, 5) is 29.2. The first-order valence-electron chi connectivity index (χ1n) is 7.07. The van der Waals surface area contributed by atoms with E-state index >= 15 is 0 Å². The summed E-state index contributed by atoms with van der Waals surface area (Å²) >= 11 is 0. The van der Waals surface area contributed by atoms with Crippen LogP contribution in [-0.4, -0.2) is 49.9 Å². The summed E-state index contributed by atoms with van der Waals surface area (Å²) in [7, 11) is 1.76. The minimum atomic E-state index is -0.825. The number of carbonyl (C=O) groups is 2. The van der Waals surface area contributed by atoms with Crippen LogP contribution in [0.4, 0.5) is 4.79 Å². The van der Waals surface area contributed by atoms with Gasteiger partial charge < -0.3 is 15.3 Å². The summed E-state index contributed by atoms with van der Waals surface area (Å²) in [5, 5.41) is 16.2. The third kappa shape index (κ3) is 3.32. The first-order valence-corrected chi connectivity index (χ1v) is 7.07.